The molecular formula is C14H14N4O6S2. The zero-order valence-corrected chi connectivity index (χ0v) is 15.4. The molecule has 0 amide bonds. The van der Waals surface area contributed by atoms with Gasteiger partial charge in [0.15, 0.2) is 11.4 Å². The lowest BCUT2D eigenvalue weighted by Crippen LogP contribution is -2.09. The molecule has 0 aromatic heterocycles. The fourth-order valence-electron chi connectivity index (χ4n) is 1.38. The maximum Gasteiger partial charge on any atom is 0.328 e. The maximum absolute atomic E-state index is 11.3. The van der Waals surface area contributed by atoms with E-state index in [1.54, 1.807) is 12.1 Å². The first kappa shape index (κ1) is 21.1. The lowest BCUT2D eigenvalue weighted by molar-refractivity contribution is 0.340. The van der Waals surface area contributed by atoms with Crippen LogP contribution in [0, 0.1) is 22.7 Å². The third-order valence-corrected chi connectivity index (χ3v) is 4.83. The van der Waals surface area contributed by atoms with Crippen molar-refractivity contribution in [3.8, 4) is 12.1 Å². The van der Waals surface area contributed by atoms with Gasteiger partial charge < -0.3 is 0 Å². The van der Waals surface area contributed by atoms with Crippen LogP contribution in [0.25, 0.3) is 0 Å². The Morgan fingerprint density at radius 3 is 1.62 bits per heavy atom. The van der Waals surface area contributed by atoms with E-state index in [2.05, 4.69) is 18.9 Å². The molecule has 0 radical (unpaired) electrons. The van der Waals surface area contributed by atoms with Crippen LogP contribution in [0.5, 0.6) is 0 Å². The molecule has 1 aromatic rings. The van der Waals surface area contributed by atoms with E-state index in [1.165, 1.54) is 38.1 Å². The second-order valence-corrected chi connectivity index (χ2v) is 8.21. The summed E-state index contributed by atoms with van der Waals surface area (Å²) >= 11 is 0. The largest absolute Gasteiger partial charge is 0.328 e. The van der Waals surface area contributed by atoms with Gasteiger partial charge in [0.25, 0.3) is 0 Å². The first-order valence-electron chi connectivity index (χ1n) is 7.07. The van der Waals surface area contributed by atoms with E-state index < -0.39 is 20.2 Å². The van der Waals surface area contributed by atoms with Gasteiger partial charge in [-0.1, -0.05) is 28.5 Å². The van der Waals surface area contributed by atoms with Gasteiger partial charge in [0.1, 0.15) is 12.1 Å². The van der Waals surface area contributed by atoms with Crippen molar-refractivity contribution >= 4 is 31.7 Å². The first-order valence-corrected chi connectivity index (χ1v) is 10.2. The molecule has 0 bridgehead atoms. The summed E-state index contributed by atoms with van der Waals surface area (Å²) < 4.78 is 53.9. The Hall–Kier alpha value is -2.96. The second kappa shape index (κ2) is 8.94. The molecule has 1 aromatic carbocycles. The van der Waals surface area contributed by atoms with Crippen molar-refractivity contribution in [2.45, 2.75) is 13.8 Å². The fourth-order valence-corrected chi connectivity index (χ4v) is 1.97. The Kier molecular flexibility index (Phi) is 7.25. The molecule has 0 fully saturated rings. The van der Waals surface area contributed by atoms with Crippen molar-refractivity contribution in [1.29, 1.82) is 10.5 Å². The van der Waals surface area contributed by atoms with Crippen molar-refractivity contribution in [2.75, 3.05) is 11.5 Å². The molecule has 0 heterocycles. The van der Waals surface area contributed by atoms with Crippen LogP contribution >= 0.6 is 0 Å². The van der Waals surface area contributed by atoms with Crippen LogP contribution in [0.15, 0.2) is 34.6 Å². The number of oxime groups is 2. The summed E-state index contributed by atoms with van der Waals surface area (Å²) in [4.78, 5) is 0. The van der Waals surface area contributed by atoms with E-state index in [0.717, 1.165) is 0 Å². The maximum atomic E-state index is 11.3. The fraction of sp³-hybridized carbons (Fsp3) is 0.286. The van der Waals surface area contributed by atoms with Crippen LogP contribution in [-0.4, -0.2) is 39.8 Å². The van der Waals surface area contributed by atoms with Crippen LogP contribution in [0.2, 0.25) is 0 Å². The third kappa shape index (κ3) is 6.16. The van der Waals surface area contributed by atoms with Crippen LogP contribution in [-0.2, 0) is 28.8 Å². The van der Waals surface area contributed by atoms with Gasteiger partial charge in [0.05, 0.1) is 11.5 Å². The molecule has 0 saturated carbocycles. The van der Waals surface area contributed by atoms with Gasteiger partial charge in [0.2, 0.25) is 0 Å². The minimum Gasteiger partial charge on any atom is -0.267 e. The highest BCUT2D eigenvalue weighted by molar-refractivity contribution is 7.86. The first-order chi connectivity index (χ1) is 12.2. The van der Waals surface area contributed by atoms with Crippen LogP contribution in [0.1, 0.15) is 25.0 Å². The smallest absolute Gasteiger partial charge is 0.267 e. The number of hydrogen-bond donors (Lipinski definition) is 0. The molecule has 0 unspecified atom stereocenters. The predicted octanol–water partition coefficient (Wildman–Crippen LogP) is 0.875. The topological polar surface area (TPSA) is 159 Å². The summed E-state index contributed by atoms with van der Waals surface area (Å²) in [6.07, 6.45) is 0. The van der Waals surface area contributed by atoms with Crippen LogP contribution < -0.4 is 0 Å². The summed E-state index contributed by atoms with van der Waals surface area (Å²) in [6.45, 7) is 2.69. The standard InChI is InChI=1S/C14H14N4O6S2/c1-3-25(19,20)23-17-13(9-15)11-6-5-7-12(8-11)14(10-16)18-24-26(21,22)4-2/h5-8H,3-4H2,1-2H3/b17-13-,18-14-. The molecule has 26 heavy (non-hydrogen) atoms. The summed E-state index contributed by atoms with van der Waals surface area (Å²) in [6, 6.07) is 8.92. The van der Waals surface area contributed by atoms with Crippen molar-refractivity contribution in [1.82, 2.24) is 0 Å². The monoisotopic (exact) mass is 398 g/mol. The minimum atomic E-state index is -3.89. The SMILES string of the molecule is CCS(=O)(=O)O/N=C(/C#N)c1cccc(/C(C#N)=N\OS(=O)(=O)CC)c1. The molecule has 12 heteroatoms. The van der Waals surface area contributed by atoms with E-state index in [9.17, 15) is 16.8 Å². The Labute approximate surface area is 151 Å². The molecule has 138 valence electrons. The van der Waals surface area contributed by atoms with E-state index >= 15 is 0 Å². The summed E-state index contributed by atoms with van der Waals surface area (Å²) in [5.41, 5.74) is -0.443. The van der Waals surface area contributed by atoms with E-state index in [0.29, 0.717) is 0 Å². The van der Waals surface area contributed by atoms with Crippen molar-refractivity contribution < 1.29 is 25.4 Å². The lowest BCUT2D eigenvalue weighted by atomic mass is 10.0. The van der Waals surface area contributed by atoms with Gasteiger partial charge in [-0.2, -0.15) is 27.4 Å². The van der Waals surface area contributed by atoms with Gasteiger partial charge >= 0.3 is 20.2 Å². The zero-order chi connectivity index (χ0) is 19.8. The second-order valence-electron chi connectivity index (χ2n) is 4.53. The van der Waals surface area contributed by atoms with Crippen molar-refractivity contribution in [3.63, 3.8) is 0 Å². The highest BCUT2D eigenvalue weighted by Gasteiger charge is 2.13. The van der Waals surface area contributed by atoms with Crippen molar-refractivity contribution in [3.05, 3.63) is 35.4 Å². The number of benzene rings is 1. The molecule has 0 atom stereocenters. The average Bonchev–Trinajstić information content (AvgIpc) is 2.63. The Balaban J connectivity index is 3.24. The molecule has 1 rings (SSSR count). The molecule has 0 aliphatic carbocycles. The lowest BCUT2D eigenvalue weighted by Gasteiger charge is -2.03. The van der Waals surface area contributed by atoms with Gasteiger partial charge in [-0.25, -0.2) is 0 Å². The van der Waals surface area contributed by atoms with Gasteiger partial charge in [-0.15, -0.1) is 0 Å². The van der Waals surface area contributed by atoms with Gasteiger partial charge in [-0.3, -0.25) is 8.57 Å². The summed E-state index contributed by atoms with van der Waals surface area (Å²) in [7, 11) is -7.79. The Bertz CT molecular complexity index is 935. The normalized spacial score (nSPS) is 12.8. The number of hydrogen-bond acceptors (Lipinski definition) is 10. The Morgan fingerprint density at radius 2 is 1.31 bits per heavy atom. The molecule has 0 aliphatic rings. The molecule has 0 N–H and O–H groups in total. The quantitative estimate of drug-likeness (QED) is 0.460. The average molecular weight is 398 g/mol. The number of nitriles is 2. The van der Waals surface area contributed by atoms with E-state index in [4.69, 9.17) is 10.5 Å². The van der Waals surface area contributed by atoms with E-state index in [1.807, 2.05) is 0 Å². The molecule has 0 aliphatic heterocycles. The predicted molar refractivity (Wildman–Crippen MR) is 91.8 cm³/mol. The van der Waals surface area contributed by atoms with Gasteiger partial charge in [-0.05, 0) is 19.9 Å². The van der Waals surface area contributed by atoms with E-state index in [-0.39, 0.29) is 34.1 Å². The highest BCUT2D eigenvalue weighted by Crippen LogP contribution is 2.10. The zero-order valence-electron chi connectivity index (χ0n) is 13.8. The van der Waals surface area contributed by atoms with Crippen LogP contribution in [0.4, 0.5) is 0 Å². The van der Waals surface area contributed by atoms with Crippen molar-refractivity contribution in [2.24, 2.45) is 10.3 Å². The summed E-state index contributed by atoms with van der Waals surface area (Å²) in [5, 5.41) is 24.8. The number of rotatable bonds is 8. The van der Waals surface area contributed by atoms with Gasteiger partial charge in [0, 0.05) is 11.1 Å². The third-order valence-electron chi connectivity index (χ3n) is 2.81. The molecule has 10 nitrogen and oxygen atoms in total. The molecular weight excluding hydrogens is 384 g/mol. The molecule has 0 spiro atoms. The van der Waals surface area contributed by atoms with Crippen LogP contribution in [0.3, 0.4) is 0 Å². The molecule has 0 saturated heterocycles. The Morgan fingerprint density at radius 1 is 0.923 bits per heavy atom. The number of nitrogens with zero attached hydrogens (tertiary/aromatic N) is 4. The minimum absolute atomic E-state index is 0.137. The highest BCUT2D eigenvalue weighted by atomic mass is 32.2. The summed E-state index contributed by atoms with van der Waals surface area (Å²) in [5.74, 6) is -0.659.